The van der Waals surface area contributed by atoms with E-state index in [0.29, 0.717) is 29.2 Å². The molecule has 1 saturated heterocycles. The summed E-state index contributed by atoms with van der Waals surface area (Å²) in [5, 5.41) is 11.6. The Morgan fingerprint density at radius 1 is 1.07 bits per heavy atom. The molecule has 1 aromatic heterocycles. The molecule has 1 unspecified atom stereocenters. The van der Waals surface area contributed by atoms with Gasteiger partial charge in [-0.2, -0.15) is 0 Å². The third kappa shape index (κ3) is 6.16. The number of aliphatic hydroxyl groups excluding tert-OH is 1. The van der Waals surface area contributed by atoms with E-state index >= 15 is 0 Å². The molecule has 0 saturated carbocycles. The number of amides is 1. The molecule has 5 rings (SSSR count). The highest BCUT2D eigenvalue weighted by atomic mass is 79.9. The van der Waals surface area contributed by atoms with Crippen molar-refractivity contribution in [3.05, 3.63) is 128 Å². The van der Waals surface area contributed by atoms with E-state index < -0.39 is 23.7 Å². The lowest BCUT2D eigenvalue weighted by molar-refractivity contribution is -0.132. The summed E-state index contributed by atoms with van der Waals surface area (Å²) in [6.07, 6.45) is 1.45. The van der Waals surface area contributed by atoms with E-state index in [-0.39, 0.29) is 27.9 Å². The molecule has 1 fully saturated rings. The minimum Gasteiger partial charge on any atom is -0.507 e. The number of hydrogen-bond acceptors (Lipinski definition) is 8. The largest absolute Gasteiger partial charge is 0.507 e. The Morgan fingerprint density at radius 3 is 2.44 bits per heavy atom. The third-order valence-electron chi connectivity index (χ3n) is 6.92. The standard InChI is InChI=1S/C33H27BrN2O6S/c1-4-17-41-32(40)30-20(3)35-33(43-30)36-27(21-9-13-24(34)14-10-21)26(29(38)31(36)39)28(37)22-11-15-25(16-12-22)42-18-23-8-6-5-7-19(23)2/h4-16,27,37H,1,17-18H2,2-3H3. The van der Waals surface area contributed by atoms with Gasteiger partial charge < -0.3 is 14.6 Å². The number of ether oxygens (including phenoxy) is 2. The van der Waals surface area contributed by atoms with Gasteiger partial charge in [0.15, 0.2) is 5.13 Å². The molecule has 3 aromatic carbocycles. The number of thiazole rings is 1. The Morgan fingerprint density at radius 2 is 1.77 bits per heavy atom. The van der Waals surface area contributed by atoms with Crippen molar-refractivity contribution in [1.82, 2.24) is 4.98 Å². The zero-order chi connectivity index (χ0) is 30.7. The number of aromatic nitrogens is 1. The van der Waals surface area contributed by atoms with Crippen LogP contribution in [-0.2, 0) is 20.9 Å². The molecule has 10 heteroatoms. The highest BCUT2D eigenvalue weighted by Crippen LogP contribution is 2.44. The molecule has 218 valence electrons. The van der Waals surface area contributed by atoms with Crippen molar-refractivity contribution < 1.29 is 29.0 Å². The lowest BCUT2D eigenvalue weighted by Gasteiger charge is -2.23. The summed E-state index contributed by atoms with van der Waals surface area (Å²) >= 11 is 4.36. The summed E-state index contributed by atoms with van der Waals surface area (Å²) in [7, 11) is 0. The number of nitrogens with zero attached hydrogens (tertiary/aromatic N) is 2. The minimum absolute atomic E-state index is 0.0185. The van der Waals surface area contributed by atoms with Crippen LogP contribution in [0.3, 0.4) is 0 Å². The van der Waals surface area contributed by atoms with Gasteiger partial charge in [-0.1, -0.05) is 76.3 Å². The highest BCUT2D eigenvalue weighted by molar-refractivity contribution is 9.10. The lowest BCUT2D eigenvalue weighted by atomic mass is 9.95. The lowest BCUT2D eigenvalue weighted by Crippen LogP contribution is -2.29. The van der Waals surface area contributed by atoms with Crippen molar-refractivity contribution in [3.63, 3.8) is 0 Å². The van der Waals surface area contributed by atoms with Crippen molar-refractivity contribution in [2.24, 2.45) is 0 Å². The predicted molar refractivity (Wildman–Crippen MR) is 168 cm³/mol. The number of benzene rings is 3. The summed E-state index contributed by atoms with van der Waals surface area (Å²) in [4.78, 5) is 45.5. The van der Waals surface area contributed by atoms with E-state index in [4.69, 9.17) is 9.47 Å². The molecule has 1 atom stereocenters. The van der Waals surface area contributed by atoms with Crippen LogP contribution >= 0.6 is 27.3 Å². The van der Waals surface area contributed by atoms with Crippen LogP contribution in [0.4, 0.5) is 5.13 Å². The van der Waals surface area contributed by atoms with Crippen LogP contribution in [0, 0.1) is 13.8 Å². The number of aryl methyl sites for hydroxylation is 2. The molecule has 43 heavy (non-hydrogen) atoms. The Kier molecular flexibility index (Phi) is 8.89. The van der Waals surface area contributed by atoms with E-state index in [9.17, 15) is 19.5 Å². The maximum atomic E-state index is 13.5. The topological polar surface area (TPSA) is 106 Å². The van der Waals surface area contributed by atoms with Gasteiger partial charge in [0, 0.05) is 10.0 Å². The van der Waals surface area contributed by atoms with E-state index in [1.54, 1.807) is 55.5 Å². The summed E-state index contributed by atoms with van der Waals surface area (Å²) in [5.41, 5.74) is 3.35. The minimum atomic E-state index is -0.993. The zero-order valence-electron chi connectivity index (χ0n) is 23.4. The van der Waals surface area contributed by atoms with E-state index in [1.165, 1.54) is 11.0 Å². The third-order valence-corrected chi connectivity index (χ3v) is 8.59. The average Bonchev–Trinajstić information content (AvgIpc) is 3.52. The molecule has 0 spiro atoms. The number of carbonyl (C=O) groups is 3. The molecule has 1 N–H and O–H groups in total. The number of hydrogen-bond donors (Lipinski definition) is 1. The van der Waals surface area contributed by atoms with Crippen molar-refractivity contribution in [2.75, 3.05) is 11.5 Å². The van der Waals surface area contributed by atoms with Crippen LogP contribution in [0.1, 0.15) is 43.7 Å². The number of esters is 1. The number of ketones is 1. The molecule has 1 amide bonds. The normalized spacial score (nSPS) is 15.9. The number of halogens is 1. The quantitative estimate of drug-likeness (QED) is 0.0674. The van der Waals surface area contributed by atoms with Crippen LogP contribution in [0.5, 0.6) is 5.75 Å². The van der Waals surface area contributed by atoms with Crippen LogP contribution in [0.2, 0.25) is 0 Å². The monoisotopic (exact) mass is 658 g/mol. The smallest absolute Gasteiger partial charge is 0.350 e. The zero-order valence-corrected chi connectivity index (χ0v) is 25.8. The number of Topliss-reactive ketones (excluding diaryl/α,β-unsaturated/α-hetero) is 1. The van der Waals surface area contributed by atoms with Crippen LogP contribution in [-0.4, -0.2) is 34.4 Å². The van der Waals surface area contributed by atoms with Gasteiger partial charge in [0.25, 0.3) is 5.78 Å². The average molecular weight is 660 g/mol. The van der Waals surface area contributed by atoms with Gasteiger partial charge in [-0.3, -0.25) is 14.5 Å². The molecule has 2 heterocycles. The van der Waals surface area contributed by atoms with Gasteiger partial charge in [-0.25, -0.2) is 9.78 Å². The molecular weight excluding hydrogens is 632 g/mol. The number of aliphatic hydroxyl groups is 1. The number of anilines is 1. The molecule has 4 aromatic rings. The fourth-order valence-corrected chi connectivity index (χ4v) is 5.91. The predicted octanol–water partition coefficient (Wildman–Crippen LogP) is 7.07. The van der Waals surface area contributed by atoms with Gasteiger partial charge in [0.2, 0.25) is 0 Å². The van der Waals surface area contributed by atoms with Crippen LogP contribution in [0.25, 0.3) is 5.76 Å². The fourth-order valence-electron chi connectivity index (χ4n) is 4.66. The molecule has 0 bridgehead atoms. The summed E-state index contributed by atoms with van der Waals surface area (Å²) < 4.78 is 11.9. The Bertz CT molecular complexity index is 1740. The second-order valence-corrected chi connectivity index (χ2v) is 11.7. The van der Waals surface area contributed by atoms with Gasteiger partial charge in [-0.15, -0.1) is 0 Å². The Hall–Kier alpha value is -4.54. The Labute approximate surface area is 261 Å². The summed E-state index contributed by atoms with van der Waals surface area (Å²) in [6.45, 7) is 7.58. The number of rotatable bonds is 9. The molecule has 1 aliphatic rings. The van der Waals surface area contributed by atoms with Crippen molar-refractivity contribution in [2.45, 2.75) is 26.5 Å². The molecule has 0 radical (unpaired) electrons. The Balaban J connectivity index is 1.52. The van der Waals surface area contributed by atoms with Gasteiger partial charge >= 0.3 is 11.9 Å². The fraction of sp³-hybridized carbons (Fsp3) is 0.152. The first kappa shape index (κ1) is 29.9. The second-order valence-electron chi connectivity index (χ2n) is 9.76. The van der Waals surface area contributed by atoms with E-state index in [0.717, 1.165) is 26.9 Å². The maximum Gasteiger partial charge on any atom is 0.350 e. The van der Waals surface area contributed by atoms with E-state index in [2.05, 4.69) is 27.5 Å². The van der Waals surface area contributed by atoms with E-state index in [1.807, 2.05) is 31.2 Å². The maximum absolute atomic E-state index is 13.5. The van der Waals surface area contributed by atoms with Gasteiger partial charge in [0.1, 0.15) is 29.6 Å². The highest BCUT2D eigenvalue weighted by Gasteiger charge is 2.48. The van der Waals surface area contributed by atoms with Crippen molar-refractivity contribution >= 4 is 55.8 Å². The van der Waals surface area contributed by atoms with Crippen LogP contribution in [0.15, 0.2) is 95.5 Å². The molecule has 1 aliphatic heterocycles. The van der Waals surface area contributed by atoms with Crippen molar-refractivity contribution in [1.29, 1.82) is 0 Å². The van der Waals surface area contributed by atoms with Gasteiger partial charge in [-0.05, 0) is 66.9 Å². The second kappa shape index (κ2) is 12.8. The first-order valence-corrected chi connectivity index (χ1v) is 14.9. The van der Waals surface area contributed by atoms with Gasteiger partial charge in [0.05, 0.1) is 17.3 Å². The summed E-state index contributed by atoms with van der Waals surface area (Å²) in [6, 6.07) is 20.7. The first-order valence-electron chi connectivity index (χ1n) is 13.3. The van der Waals surface area contributed by atoms with Crippen LogP contribution < -0.4 is 9.64 Å². The molecule has 0 aliphatic carbocycles. The number of carbonyl (C=O) groups excluding carboxylic acids is 3. The molecule has 8 nitrogen and oxygen atoms in total. The summed E-state index contributed by atoms with van der Waals surface area (Å²) in [5.74, 6) is -2.10. The van der Waals surface area contributed by atoms with Crippen molar-refractivity contribution in [3.8, 4) is 5.75 Å². The molecular formula is C33H27BrN2O6S. The first-order chi connectivity index (χ1) is 20.7. The SMILES string of the molecule is C=CCOC(=O)c1sc(N2C(=O)C(=O)C(=C(O)c3ccc(OCc4ccccc4C)cc3)C2c2ccc(Br)cc2)nc1C.